The second kappa shape index (κ2) is 14.1. The fourth-order valence-electron chi connectivity index (χ4n) is 7.14. The molecule has 7 atom stereocenters. The molecule has 0 aromatic heterocycles. The van der Waals surface area contributed by atoms with E-state index in [0.717, 1.165) is 17.9 Å². The highest BCUT2D eigenvalue weighted by Gasteiger charge is 2.73. The molecular weight excluding hydrogens is 605 g/mol. The number of fused-ring (bicyclic) bond motifs is 2. The molecule has 2 bridgehead atoms. The number of benzene rings is 1. The van der Waals surface area contributed by atoms with E-state index in [1.54, 1.807) is 0 Å². The summed E-state index contributed by atoms with van der Waals surface area (Å²) in [6.07, 6.45) is 0.865. The van der Waals surface area contributed by atoms with E-state index >= 15 is 0 Å². The summed E-state index contributed by atoms with van der Waals surface area (Å²) < 4.78 is 38.5. The van der Waals surface area contributed by atoms with Crippen molar-refractivity contribution >= 4 is 28.5 Å². The number of ketones is 1. The zero-order chi connectivity index (χ0) is 33.3. The zero-order valence-corrected chi connectivity index (χ0v) is 31.4. The molecule has 4 aliphatic rings. The van der Waals surface area contributed by atoms with Crippen LogP contribution in [0.15, 0.2) is 30.3 Å². The molecule has 3 saturated carbocycles. The number of rotatable bonds is 16. The van der Waals surface area contributed by atoms with Crippen LogP contribution >= 0.6 is 0 Å². The van der Waals surface area contributed by atoms with E-state index < -0.39 is 45.7 Å². The van der Waals surface area contributed by atoms with Gasteiger partial charge in [0.05, 0.1) is 37.8 Å². The minimum absolute atomic E-state index is 0.0201. The first-order chi connectivity index (χ1) is 20.9. The minimum Gasteiger partial charge on any atom is -0.416 e. The molecule has 4 fully saturated rings. The van der Waals surface area contributed by atoms with Gasteiger partial charge in [0.15, 0.2) is 14.1 Å². The molecule has 0 spiro atoms. The first-order valence-electron chi connectivity index (χ1n) is 16.7. The van der Waals surface area contributed by atoms with Crippen LogP contribution in [-0.2, 0) is 44.3 Å². The molecule has 0 N–H and O–H groups in total. The average Bonchev–Trinajstić information content (AvgIpc) is 3.23. The lowest BCUT2D eigenvalue weighted by atomic mass is 9.48. The van der Waals surface area contributed by atoms with Gasteiger partial charge in [0, 0.05) is 39.5 Å². The van der Waals surface area contributed by atoms with Crippen LogP contribution in [0.25, 0.3) is 0 Å². The van der Waals surface area contributed by atoms with E-state index in [2.05, 4.69) is 53.5 Å². The van der Waals surface area contributed by atoms with Gasteiger partial charge in [-0.3, -0.25) is 4.79 Å². The molecule has 0 unspecified atom stereocenters. The van der Waals surface area contributed by atoms with Crippen LogP contribution in [0, 0.1) is 29.6 Å². The van der Waals surface area contributed by atoms with Crippen LogP contribution in [0.2, 0.25) is 43.8 Å². The normalized spacial score (nSPS) is 30.4. The van der Waals surface area contributed by atoms with E-state index in [4.69, 9.17) is 28.1 Å². The highest BCUT2D eigenvalue weighted by molar-refractivity contribution is 6.76. The van der Waals surface area contributed by atoms with Crippen LogP contribution in [0.1, 0.15) is 46.6 Å². The number of Topliss-reactive ketones (excluding diaryl/α,β-unsaturated/α-hetero) is 1. The number of ether oxygens (including phenoxy) is 5. The van der Waals surface area contributed by atoms with Gasteiger partial charge < -0.3 is 32.9 Å². The summed E-state index contributed by atoms with van der Waals surface area (Å²) in [5, 5.41) is -0.0292. The van der Waals surface area contributed by atoms with Gasteiger partial charge in [-0.1, -0.05) is 70.7 Å². The Morgan fingerprint density at radius 1 is 1.00 bits per heavy atom. The van der Waals surface area contributed by atoms with Gasteiger partial charge in [0.1, 0.15) is 24.5 Å². The van der Waals surface area contributed by atoms with Gasteiger partial charge in [-0.05, 0) is 49.5 Å². The molecule has 0 amide bonds. The van der Waals surface area contributed by atoms with Crippen molar-refractivity contribution in [1.29, 1.82) is 0 Å². The van der Waals surface area contributed by atoms with E-state index in [1.807, 2.05) is 44.2 Å². The van der Waals surface area contributed by atoms with Gasteiger partial charge in [0.2, 0.25) is 0 Å². The number of carbonyl (C=O) groups excluding carboxylic acids is 2. The SMILES string of the molecule is CC1(C)O[C@@H]2[C@H]3CC(=O)[C@H]([C@@H](COCc4ccccc4)[C@@H]3COCOCC[Si](C)(C)C)[C@]2([C@@H](C=O)CO[Si](C)(C)C(C)(C)C)O1. The maximum atomic E-state index is 14.1. The first kappa shape index (κ1) is 36.6. The first-order valence-corrected chi connectivity index (χ1v) is 23.3. The molecule has 45 heavy (non-hydrogen) atoms. The van der Waals surface area contributed by atoms with Crippen molar-refractivity contribution in [3.63, 3.8) is 0 Å². The Hall–Kier alpha value is -1.25. The number of carbonyl (C=O) groups is 2. The van der Waals surface area contributed by atoms with Crippen molar-refractivity contribution in [2.24, 2.45) is 29.6 Å². The third-order valence-corrected chi connectivity index (χ3v) is 16.7. The lowest BCUT2D eigenvalue weighted by Gasteiger charge is -2.59. The maximum Gasteiger partial charge on any atom is 0.192 e. The Morgan fingerprint density at radius 3 is 2.29 bits per heavy atom. The van der Waals surface area contributed by atoms with Crippen molar-refractivity contribution in [1.82, 2.24) is 0 Å². The molecule has 1 saturated heterocycles. The molecule has 1 aromatic rings. The highest BCUT2D eigenvalue weighted by Crippen LogP contribution is 2.62. The summed E-state index contributed by atoms with van der Waals surface area (Å²) in [5.41, 5.74) is -0.0743. The van der Waals surface area contributed by atoms with E-state index in [0.29, 0.717) is 32.8 Å². The number of aldehydes is 1. The fraction of sp³-hybridized carbons (Fsp3) is 0.771. The standard InChI is InChI=1S/C35H58O8Si2/c1-33(2,3)45(9,10)41-21-26(19-36)35-31-29(23-39-20-25-14-12-11-13-15-25)28(22-40-24-38-16-17-44(6,7)8)27(18-30(31)37)32(35)42-34(4,5)43-35/h11-15,19,26-29,31-32H,16-18,20-24H2,1-10H3/t26-,27-,28+,29-,31-,32+,35-/m0/s1. The molecule has 1 aromatic carbocycles. The second-order valence-corrected chi connectivity index (χ2v) is 27.0. The van der Waals surface area contributed by atoms with Gasteiger partial charge in [0.25, 0.3) is 0 Å². The highest BCUT2D eigenvalue weighted by atomic mass is 28.4. The number of hydrogen-bond donors (Lipinski definition) is 0. The summed E-state index contributed by atoms with van der Waals surface area (Å²) in [4.78, 5) is 27.1. The van der Waals surface area contributed by atoms with Crippen LogP contribution < -0.4 is 0 Å². The van der Waals surface area contributed by atoms with Gasteiger partial charge in [-0.15, -0.1) is 0 Å². The largest absolute Gasteiger partial charge is 0.416 e. The Kier molecular flexibility index (Phi) is 11.4. The van der Waals surface area contributed by atoms with Crippen molar-refractivity contribution < 1.29 is 37.7 Å². The van der Waals surface area contributed by atoms with Crippen LogP contribution in [0.5, 0.6) is 0 Å². The quantitative estimate of drug-likeness (QED) is 0.0836. The van der Waals surface area contributed by atoms with Gasteiger partial charge in [-0.2, -0.15) is 0 Å². The van der Waals surface area contributed by atoms with Crippen molar-refractivity contribution in [2.75, 3.05) is 33.2 Å². The molecule has 8 nitrogen and oxygen atoms in total. The summed E-state index contributed by atoms with van der Waals surface area (Å²) in [6.45, 7) is 23.9. The van der Waals surface area contributed by atoms with Crippen LogP contribution in [0.3, 0.4) is 0 Å². The minimum atomic E-state index is -2.19. The third-order valence-electron chi connectivity index (χ3n) is 10.5. The smallest absolute Gasteiger partial charge is 0.192 e. The Bertz CT molecular complexity index is 1140. The van der Waals surface area contributed by atoms with Crippen molar-refractivity contribution in [3.05, 3.63) is 35.9 Å². The molecular formula is C35H58O8Si2. The molecule has 1 heterocycles. The summed E-state index contributed by atoms with van der Waals surface area (Å²) >= 11 is 0. The van der Waals surface area contributed by atoms with Gasteiger partial charge >= 0.3 is 0 Å². The predicted octanol–water partition coefficient (Wildman–Crippen LogP) is 6.71. The lowest BCUT2D eigenvalue weighted by molar-refractivity contribution is -0.222. The topological polar surface area (TPSA) is 89.5 Å². The molecule has 1 aliphatic heterocycles. The van der Waals surface area contributed by atoms with Crippen LogP contribution in [-0.4, -0.2) is 79.2 Å². The maximum absolute atomic E-state index is 14.1. The van der Waals surface area contributed by atoms with Gasteiger partial charge in [-0.25, -0.2) is 0 Å². The summed E-state index contributed by atoms with van der Waals surface area (Å²) in [6, 6.07) is 11.1. The van der Waals surface area contributed by atoms with Crippen molar-refractivity contribution in [3.8, 4) is 0 Å². The Balaban J connectivity index is 1.62. The van der Waals surface area contributed by atoms with Crippen molar-refractivity contribution in [2.45, 2.75) is 109 Å². The third kappa shape index (κ3) is 8.25. The molecule has 10 heteroatoms. The van der Waals surface area contributed by atoms with E-state index in [9.17, 15) is 9.59 Å². The Labute approximate surface area is 273 Å². The molecule has 0 radical (unpaired) electrons. The fourth-order valence-corrected chi connectivity index (χ4v) is 8.93. The average molecular weight is 663 g/mol. The second-order valence-electron chi connectivity index (χ2n) is 16.6. The lowest BCUT2D eigenvalue weighted by Crippen LogP contribution is -2.71. The van der Waals surface area contributed by atoms with E-state index in [1.165, 1.54) is 0 Å². The van der Waals surface area contributed by atoms with E-state index in [-0.39, 0.29) is 42.0 Å². The Morgan fingerprint density at radius 2 is 1.67 bits per heavy atom. The monoisotopic (exact) mass is 662 g/mol. The molecule has 3 aliphatic carbocycles. The number of hydrogen-bond acceptors (Lipinski definition) is 8. The van der Waals surface area contributed by atoms with Crippen LogP contribution in [0.4, 0.5) is 0 Å². The predicted molar refractivity (Wildman–Crippen MR) is 180 cm³/mol. The molecule has 5 rings (SSSR count). The zero-order valence-electron chi connectivity index (χ0n) is 29.4. The summed E-state index contributed by atoms with van der Waals surface area (Å²) in [5.74, 6) is -2.54. The molecule has 254 valence electrons. The summed E-state index contributed by atoms with van der Waals surface area (Å²) in [7, 11) is -3.40.